The summed E-state index contributed by atoms with van der Waals surface area (Å²) in [5.41, 5.74) is 0.508. The molecule has 0 saturated carbocycles. The fourth-order valence-corrected chi connectivity index (χ4v) is 1.62. The SMILES string of the molecule is COc1ccc(CC#N)c(OS(C)(=O)=O)c1. The van der Waals surface area contributed by atoms with E-state index >= 15 is 0 Å². The first kappa shape index (κ1) is 12.3. The van der Waals surface area contributed by atoms with Gasteiger partial charge in [0.25, 0.3) is 0 Å². The average Bonchev–Trinajstić information content (AvgIpc) is 2.18. The first-order valence-corrected chi connectivity index (χ1v) is 6.21. The molecule has 1 rings (SSSR count). The molecule has 0 amide bonds. The highest BCUT2D eigenvalue weighted by molar-refractivity contribution is 7.86. The third kappa shape index (κ3) is 3.44. The minimum Gasteiger partial charge on any atom is -0.497 e. The maximum absolute atomic E-state index is 11.0. The largest absolute Gasteiger partial charge is 0.497 e. The van der Waals surface area contributed by atoms with Gasteiger partial charge in [-0.1, -0.05) is 6.07 Å². The normalized spacial score (nSPS) is 10.6. The second kappa shape index (κ2) is 4.86. The van der Waals surface area contributed by atoms with Crippen LogP contribution in [0.1, 0.15) is 5.56 Å². The van der Waals surface area contributed by atoms with Crippen LogP contribution in [0.5, 0.6) is 11.5 Å². The molecular formula is C10H11NO4S. The summed E-state index contributed by atoms with van der Waals surface area (Å²) in [4.78, 5) is 0. The molecule has 16 heavy (non-hydrogen) atoms. The fourth-order valence-electron chi connectivity index (χ4n) is 1.13. The van der Waals surface area contributed by atoms with E-state index in [4.69, 9.17) is 14.2 Å². The number of methoxy groups -OCH3 is 1. The van der Waals surface area contributed by atoms with E-state index in [1.807, 2.05) is 6.07 Å². The average molecular weight is 241 g/mol. The van der Waals surface area contributed by atoms with Crippen LogP contribution in [0.2, 0.25) is 0 Å². The number of ether oxygens (including phenoxy) is 1. The molecule has 0 radical (unpaired) electrons. The van der Waals surface area contributed by atoms with Gasteiger partial charge < -0.3 is 8.92 Å². The molecule has 0 atom stereocenters. The predicted molar refractivity (Wildman–Crippen MR) is 57.8 cm³/mol. The highest BCUT2D eigenvalue weighted by atomic mass is 32.2. The number of rotatable bonds is 4. The number of benzene rings is 1. The molecule has 0 N–H and O–H groups in total. The van der Waals surface area contributed by atoms with Gasteiger partial charge >= 0.3 is 10.1 Å². The Kier molecular flexibility index (Phi) is 3.74. The van der Waals surface area contributed by atoms with E-state index in [0.29, 0.717) is 11.3 Å². The molecule has 0 aliphatic carbocycles. The van der Waals surface area contributed by atoms with Gasteiger partial charge in [-0.2, -0.15) is 13.7 Å². The van der Waals surface area contributed by atoms with Crippen LogP contribution >= 0.6 is 0 Å². The zero-order valence-electron chi connectivity index (χ0n) is 8.93. The van der Waals surface area contributed by atoms with E-state index in [1.165, 1.54) is 13.2 Å². The third-order valence-corrected chi connectivity index (χ3v) is 2.27. The first-order chi connectivity index (χ1) is 7.46. The van der Waals surface area contributed by atoms with Crippen LogP contribution in [0.15, 0.2) is 18.2 Å². The number of nitrogens with zero attached hydrogens (tertiary/aromatic N) is 1. The summed E-state index contributed by atoms with van der Waals surface area (Å²) in [6, 6.07) is 6.61. The van der Waals surface area contributed by atoms with Gasteiger partial charge in [0, 0.05) is 11.6 Å². The molecular weight excluding hydrogens is 230 g/mol. The van der Waals surface area contributed by atoms with Gasteiger partial charge in [-0.15, -0.1) is 0 Å². The van der Waals surface area contributed by atoms with Crippen LogP contribution < -0.4 is 8.92 Å². The van der Waals surface area contributed by atoms with Gasteiger partial charge in [-0.05, 0) is 6.07 Å². The molecule has 0 aliphatic rings. The van der Waals surface area contributed by atoms with Crippen molar-refractivity contribution in [1.82, 2.24) is 0 Å². The van der Waals surface area contributed by atoms with E-state index < -0.39 is 10.1 Å². The highest BCUT2D eigenvalue weighted by Crippen LogP contribution is 2.26. The summed E-state index contributed by atoms with van der Waals surface area (Å²) in [5, 5.41) is 8.58. The highest BCUT2D eigenvalue weighted by Gasteiger charge is 2.11. The molecule has 0 heterocycles. The molecule has 0 unspecified atom stereocenters. The Labute approximate surface area is 94.3 Å². The van der Waals surface area contributed by atoms with Crippen LogP contribution in [0, 0.1) is 11.3 Å². The molecule has 0 saturated heterocycles. The van der Waals surface area contributed by atoms with Gasteiger partial charge in [0.1, 0.15) is 5.75 Å². The van der Waals surface area contributed by atoms with Crippen LogP contribution in [0.4, 0.5) is 0 Å². The fraction of sp³-hybridized carbons (Fsp3) is 0.300. The van der Waals surface area contributed by atoms with Crippen molar-refractivity contribution >= 4 is 10.1 Å². The second-order valence-corrected chi connectivity index (χ2v) is 4.67. The predicted octanol–water partition coefficient (Wildman–Crippen LogP) is 1.10. The lowest BCUT2D eigenvalue weighted by Crippen LogP contribution is -2.07. The van der Waals surface area contributed by atoms with Crippen molar-refractivity contribution in [2.75, 3.05) is 13.4 Å². The smallest absolute Gasteiger partial charge is 0.306 e. The minimum absolute atomic E-state index is 0.0782. The van der Waals surface area contributed by atoms with Crippen molar-refractivity contribution < 1.29 is 17.3 Å². The molecule has 86 valence electrons. The maximum Gasteiger partial charge on any atom is 0.306 e. The van der Waals surface area contributed by atoms with Crippen molar-refractivity contribution in [2.45, 2.75) is 6.42 Å². The van der Waals surface area contributed by atoms with E-state index in [1.54, 1.807) is 12.1 Å². The van der Waals surface area contributed by atoms with E-state index in [2.05, 4.69) is 0 Å². The van der Waals surface area contributed by atoms with Gasteiger partial charge in [0.15, 0.2) is 5.75 Å². The molecule has 0 bridgehead atoms. The summed E-state index contributed by atoms with van der Waals surface area (Å²) in [5.74, 6) is 0.601. The van der Waals surface area contributed by atoms with E-state index in [-0.39, 0.29) is 12.2 Å². The van der Waals surface area contributed by atoms with Gasteiger partial charge in [0.05, 0.1) is 25.9 Å². The lowest BCUT2D eigenvalue weighted by atomic mass is 10.1. The Balaban J connectivity index is 3.16. The Bertz CT molecular complexity index is 516. The molecule has 6 heteroatoms. The summed E-state index contributed by atoms with van der Waals surface area (Å²) >= 11 is 0. The molecule has 0 fully saturated rings. The van der Waals surface area contributed by atoms with Crippen LogP contribution in [-0.2, 0) is 16.5 Å². The summed E-state index contributed by atoms with van der Waals surface area (Å²) in [7, 11) is -2.15. The minimum atomic E-state index is -3.61. The first-order valence-electron chi connectivity index (χ1n) is 4.39. The van der Waals surface area contributed by atoms with E-state index in [0.717, 1.165) is 6.26 Å². The quantitative estimate of drug-likeness (QED) is 0.738. The van der Waals surface area contributed by atoms with Crippen LogP contribution in [0.25, 0.3) is 0 Å². The topological polar surface area (TPSA) is 76.4 Å². The Morgan fingerprint density at radius 1 is 1.44 bits per heavy atom. The van der Waals surface area contributed by atoms with E-state index in [9.17, 15) is 8.42 Å². The van der Waals surface area contributed by atoms with Crippen LogP contribution in [0.3, 0.4) is 0 Å². The molecule has 1 aromatic carbocycles. The molecule has 5 nitrogen and oxygen atoms in total. The Morgan fingerprint density at radius 2 is 2.12 bits per heavy atom. The van der Waals surface area contributed by atoms with Crippen molar-refractivity contribution in [1.29, 1.82) is 5.26 Å². The zero-order valence-corrected chi connectivity index (χ0v) is 9.74. The monoisotopic (exact) mass is 241 g/mol. The van der Waals surface area contributed by atoms with Crippen molar-refractivity contribution in [2.24, 2.45) is 0 Å². The molecule has 0 aliphatic heterocycles. The molecule has 0 aromatic heterocycles. The van der Waals surface area contributed by atoms with Gasteiger partial charge in [-0.25, -0.2) is 0 Å². The summed E-state index contributed by atoms with van der Waals surface area (Å²) in [6.45, 7) is 0. The lowest BCUT2D eigenvalue weighted by Gasteiger charge is -2.09. The van der Waals surface area contributed by atoms with Crippen LogP contribution in [-0.4, -0.2) is 21.8 Å². The van der Waals surface area contributed by atoms with Gasteiger partial charge in [-0.3, -0.25) is 0 Å². The lowest BCUT2D eigenvalue weighted by molar-refractivity contribution is 0.411. The number of hydrogen-bond donors (Lipinski definition) is 0. The standard InChI is InChI=1S/C10H11NO4S/c1-14-9-4-3-8(5-6-11)10(7-9)15-16(2,12)13/h3-4,7H,5H2,1-2H3. The summed E-state index contributed by atoms with van der Waals surface area (Å²) in [6.07, 6.45) is 1.03. The number of nitriles is 1. The second-order valence-electron chi connectivity index (χ2n) is 3.10. The Hall–Kier alpha value is -1.74. The third-order valence-electron chi connectivity index (χ3n) is 1.78. The summed E-state index contributed by atoms with van der Waals surface area (Å²) < 4.78 is 31.7. The van der Waals surface area contributed by atoms with Crippen molar-refractivity contribution in [3.8, 4) is 17.6 Å². The molecule has 0 spiro atoms. The number of hydrogen-bond acceptors (Lipinski definition) is 5. The van der Waals surface area contributed by atoms with Crippen molar-refractivity contribution in [3.05, 3.63) is 23.8 Å². The zero-order chi connectivity index (χ0) is 12.2. The van der Waals surface area contributed by atoms with Gasteiger partial charge in [0.2, 0.25) is 0 Å². The molecule has 1 aromatic rings. The van der Waals surface area contributed by atoms with Crippen molar-refractivity contribution in [3.63, 3.8) is 0 Å². The maximum atomic E-state index is 11.0. The Morgan fingerprint density at radius 3 is 2.62 bits per heavy atom.